The second-order valence-corrected chi connectivity index (χ2v) is 36.8. The molecular formula is C28H51AlO2Si4. The fourth-order valence-corrected chi connectivity index (χ4v) is 12.8. The van der Waals surface area contributed by atoms with Crippen LogP contribution in [0.15, 0.2) is 24.3 Å². The summed E-state index contributed by atoms with van der Waals surface area (Å²) < 4.78 is 14.2. The highest BCUT2D eigenvalue weighted by Crippen LogP contribution is 2.24. The maximum Gasteiger partial charge on any atom is 0.856 e. The van der Waals surface area contributed by atoms with E-state index in [9.17, 15) is 0 Å². The Morgan fingerprint density at radius 3 is 0.914 bits per heavy atom. The Bertz CT molecular complexity index is 901. The summed E-state index contributed by atoms with van der Waals surface area (Å²) in [6, 6.07) is 9.61. The standard InChI is InChI=1S/2C13H24OSi2.C2H5.Al/c2*1-10-8-11(15(2,3)4)13(14)12(9-10)16(5,6)7;1-2;/h2*8-9,14H,1-7H3;1H2,2H3;/q;;;+2/p-2. The highest BCUT2D eigenvalue weighted by Gasteiger charge is 2.39. The minimum absolute atomic E-state index is 0.953. The molecule has 0 heterocycles. The maximum atomic E-state index is 7.12. The SMILES string of the molecule is C[CH2][Al]([O]c1c([Si](C)(C)C)cc(C)cc1[Si](C)(C)C)[O]c1c([Si](C)(C)C)cc(C)cc1[Si](C)(C)C. The number of aryl methyl sites for hydroxylation is 2. The first-order valence-corrected chi connectivity index (χ1v) is 29.1. The van der Waals surface area contributed by atoms with Crippen LogP contribution in [0.25, 0.3) is 0 Å². The van der Waals surface area contributed by atoms with Crippen LogP contribution in [0.5, 0.6) is 11.5 Å². The van der Waals surface area contributed by atoms with Gasteiger partial charge in [-0.05, 0) is 39.9 Å². The van der Waals surface area contributed by atoms with Gasteiger partial charge in [-0.1, -0.05) is 121 Å². The van der Waals surface area contributed by atoms with Gasteiger partial charge in [0.2, 0.25) is 0 Å². The van der Waals surface area contributed by atoms with E-state index in [0.29, 0.717) is 0 Å². The van der Waals surface area contributed by atoms with E-state index in [0.717, 1.165) is 5.28 Å². The summed E-state index contributed by atoms with van der Waals surface area (Å²) in [5.41, 5.74) is 2.73. The van der Waals surface area contributed by atoms with Gasteiger partial charge in [0.15, 0.2) is 0 Å². The molecule has 194 valence electrons. The summed E-state index contributed by atoms with van der Waals surface area (Å²) in [5.74, 6) is 2.37. The summed E-state index contributed by atoms with van der Waals surface area (Å²) in [5, 5.41) is 6.80. The molecule has 0 aliphatic heterocycles. The second kappa shape index (κ2) is 10.7. The van der Waals surface area contributed by atoms with Crippen molar-refractivity contribution >= 4 is 67.9 Å². The van der Waals surface area contributed by atoms with E-state index in [2.05, 4.69) is 124 Å². The molecule has 0 amide bonds. The molecule has 2 aromatic rings. The summed E-state index contributed by atoms with van der Waals surface area (Å²) in [6.07, 6.45) is 0. The zero-order valence-corrected chi connectivity index (χ0v) is 30.6. The highest BCUT2D eigenvalue weighted by molar-refractivity contribution is 6.94. The van der Waals surface area contributed by atoms with Gasteiger partial charge < -0.3 is 7.58 Å². The summed E-state index contributed by atoms with van der Waals surface area (Å²) in [7, 11) is -6.41. The van der Waals surface area contributed by atoms with Crippen LogP contribution < -0.4 is 28.3 Å². The Morgan fingerprint density at radius 1 is 0.514 bits per heavy atom. The molecule has 0 aromatic heterocycles. The van der Waals surface area contributed by atoms with Gasteiger partial charge in [-0.15, -0.1) is 0 Å². The third-order valence-electron chi connectivity index (χ3n) is 6.53. The number of rotatable bonds is 9. The Balaban J connectivity index is 2.72. The lowest BCUT2D eigenvalue weighted by atomic mass is 10.2. The van der Waals surface area contributed by atoms with Crippen LogP contribution in [-0.4, -0.2) is 47.1 Å². The smallest absolute Gasteiger partial charge is 0.612 e. The fourth-order valence-electron chi connectivity index (χ4n) is 4.48. The zero-order chi connectivity index (χ0) is 27.1. The summed E-state index contributed by atoms with van der Waals surface area (Å²) in [4.78, 5) is 0. The summed E-state index contributed by atoms with van der Waals surface area (Å²) in [6.45, 7) is 36.1. The van der Waals surface area contributed by atoms with E-state index in [-0.39, 0.29) is 0 Å². The Labute approximate surface area is 226 Å². The second-order valence-electron chi connectivity index (χ2n) is 14.5. The lowest BCUT2D eigenvalue weighted by molar-refractivity contribution is 0.429. The van der Waals surface area contributed by atoms with Crippen LogP contribution in [0.1, 0.15) is 18.1 Å². The average Bonchev–Trinajstić information content (AvgIpc) is 2.65. The first kappa shape index (κ1) is 30.7. The van der Waals surface area contributed by atoms with Crippen molar-refractivity contribution in [3.63, 3.8) is 0 Å². The molecule has 2 rings (SSSR count). The van der Waals surface area contributed by atoms with E-state index < -0.39 is 47.1 Å². The topological polar surface area (TPSA) is 18.5 Å². The molecule has 0 unspecified atom stereocenters. The normalized spacial score (nSPS) is 13.1. The zero-order valence-electron chi connectivity index (χ0n) is 25.4. The van der Waals surface area contributed by atoms with Crippen LogP contribution in [0.2, 0.25) is 83.8 Å². The van der Waals surface area contributed by atoms with Crippen LogP contribution in [0.4, 0.5) is 0 Å². The molecule has 0 N–H and O–H groups in total. The Morgan fingerprint density at radius 2 is 0.743 bits per heavy atom. The monoisotopic (exact) mass is 558 g/mol. The molecule has 0 radical (unpaired) electrons. The van der Waals surface area contributed by atoms with Gasteiger partial charge in [0.05, 0.1) is 43.8 Å². The van der Waals surface area contributed by atoms with Gasteiger partial charge in [0.1, 0.15) is 0 Å². The van der Waals surface area contributed by atoms with E-state index >= 15 is 0 Å². The van der Waals surface area contributed by atoms with Crippen molar-refractivity contribution in [3.8, 4) is 11.5 Å². The van der Waals surface area contributed by atoms with E-state index in [1.54, 1.807) is 0 Å². The number of benzene rings is 2. The van der Waals surface area contributed by atoms with Gasteiger partial charge in [-0.2, -0.15) is 0 Å². The van der Waals surface area contributed by atoms with Crippen molar-refractivity contribution in [2.45, 2.75) is 105 Å². The molecule has 0 aliphatic carbocycles. The molecule has 0 spiro atoms. The predicted octanol–water partition coefficient (Wildman–Crippen LogP) is 6.45. The lowest BCUT2D eigenvalue weighted by Crippen LogP contribution is -2.51. The van der Waals surface area contributed by atoms with Crippen molar-refractivity contribution in [1.29, 1.82) is 0 Å². The maximum absolute atomic E-state index is 7.12. The molecular weight excluding hydrogens is 508 g/mol. The molecule has 2 nitrogen and oxygen atoms in total. The van der Waals surface area contributed by atoms with Crippen molar-refractivity contribution < 1.29 is 7.58 Å². The Hall–Kier alpha value is -0.560. The molecule has 0 bridgehead atoms. The van der Waals surface area contributed by atoms with Gasteiger partial charge in [0, 0.05) is 0 Å². The summed E-state index contributed by atoms with van der Waals surface area (Å²) >= 11 is -2.01. The van der Waals surface area contributed by atoms with E-state index in [4.69, 9.17) is 7.58 Å². The quantitative estimate of drug-likeness (QED) is 0.329. The van der Waals surface area contributed by atoms with Gasteiger partial charge in [-0.3, -0.25) is 0 Å². The van der Waals surface area contributed by atoms with Crippen molar-refractivity contribution in [2.75, 3.05) is 0 Å². The van der Waals surface area contributed by atoms with Crippen LogP contribution in [0, 0.1) is 13.8 Å². The molecule has 0 saturated heterocycles. The fraction of sp³-hybridized carbons (Fsp3) is 0.571. The first-order valence-electron chi connectivity index (χ1n) is 13.3. The van der Waals surface area contributed by atoms with Gasteiger partial charge in [-0.25, -0.2) is 0 Å². The van der Waals surface area contributed by atoms with E-state index in [1.165, 1.54) is 43.4 Å². The van der Waals surface area contributed by atoms with Crippen LogP contribution in [-0.2, 0) is 0 Å². The van der Waals surface area contributed by atoms with Crippen molar-refractivity contribution in [2.24, 2.45) is 0 Å². The average molecular weight is 559 g/mol. The largest absolute Gasteiger partial charge is 0.856 e. The van der Waals surface area contributed by atoms with Crippen molar-refractivity contribution in [1.82, 2.24) is 0 Å². The molecule has 0 aliphatic rings. The molecule has 0 atom stereocenters. The third kappa shape index (κ3) is 7.72. The number of hydrogen-bond donors (Lipinski definition) is 0. The van der Waals surface area contributed by atoms with E-state index in [1.807, 2.05) is 0 Å². The number of hydrogen-bond acceptors (Lipinski definition) is 2. The van der Waals surface area contributed by atoms with Crippen LogP contribution >= 0.6 is 0 Å². The molecule has 0 fully saturated rings. The minimum atomic E-state index is -2.01. The molecule has 35 heavy (non-hydrogen) atoms. The van der Waals surface area contributed by atoms with Crippen LogP contribution in [0.3, 0.4) is 0 Å². The highest BCUT2D eigenvalue weighted by atomic mass is 28.3. The molecule has 2 aromatic carbocycles. The van der Waals surface area contributed by atoms with Gasteiger partial charge in [0.25, 0.3) is 0 Å². The minimum Gasteiger partial charge on any atom is -0.612 e. The molecule has 7 heteroatoms. The predicted molar refractivity (Wildman–Crippen MR) is 172 cm³/mol. The van der Waals surface area contributed by atoms with Crippen molar-refractivity contribution in [3.05, 3.63) is 35.4 Å². The molecule has 0 saturated carbocycles. The first-order chi connectivity index (χ1) is 15.7. The third-order valence-corrected chi connectivity index (χ3v) is 16.1. The van der Waals surface area contributed by atoms with Gasteiger partial charge >= 0.3 is 14.8 Å². The lowest BCUT2D eigenvalue weighted by Gasteiger charge is -2.33. The Kier molecular flexibility index (Phi) is 9.34.